The van der Waals surface area contributed by atoms with Crippen molar-refractivity contribution in [2.45, 2.75) is 65.3 Å². The fourth-order valence-electron chi connectivity index (χ4n) is 5.93. The van der Waals surface area contributed by atoms with Gasteiger partial charge in [0, 0.05) is 18.9 Å². The van der Waals surface area contributed by atoms with Crippen molar-refractivity contribution in [2.75, 3.05) is 6.61 Å². The first kappa shape index (κ1) is 31.1. The third-order valence-corrected chi connectivity index (χ3v) is 8.56. The number of rotatable bonds is 9. The highest BCUT2D eigenvalue weighted by Gasteiger charge is 2.40. The number of fused-ring (bicyclic) bond motifs is 1. The van der Waals surface area contributed by atoms with Gasteiger partial charge in [-0.1, -0.05) is 36.4 Å². The van der Waals surface area contributed by atoms with E-state index < -0.39 is 17.7 Å². The summed E-state index contributed by atoms with van der Waals surface area (Å²) >= 11 is 0. The summed E-state index contributed by atoms with van der Waals surface area (Å²) in [7, 11) is 0. The monoisotopic (exact) mass is 607 g/mol. The van der Waals surface area contributed by atoms with Gasteiger partial charge in [-0.15, -0.1) is 13.2 Å². The predicted molar refractivity (Wildman–Crippen MR) is 160 cm³/mol. The summed E-state index contributed by atoms with van der Waals surface area (Å²) in [5.41, 5.74) is 4.33. The Morgan fingerprint density at radius 1 is 0.909 bits per heavy atom. The molecular formula is C34H36F3N3O4. The topological polar surface area (TPSA) is 81.9 Å². The summed E-state index contributed by atoms with van der Waals surface area (Å²) < 4.78 is 48.1. The van der Waals surface area contributed by atoms with Crippen molar-refractivity contribution in [2.24, 2.45) is 11.3 Å². The zero-order chi connectivity index (χ0) is 31.5. The Bertz CT molecular complexity index is 1600. The van der Waals surface area contributed by atoms with Crippen LogP contribution < -0.4 is 10.1 Å². The quantitative estimate of drug-likeness (QED) is 0.197. The normalized spacial score (nSPS) is 17.3. The number of carbonyl (C=O) groups excluding carboxylic acids is 2. The summed E-state index contributed by atoms with van der Waals surface area (Å²) in [6.07, 6.45) is 2.89. The van der Waals surface area contributed by atoms with E-state index in [0.29, 0.717) is 29.7 Å². The van der Waals surface area contributed by atoms with Gasteiger partial charge in [-0.2, -0.15) is 0 Å². The number of alkyl halides is 3. The molecule has 1 aliphatic carbocycles. The molecule has 1 amide bonds. The van der Waals surface area contributed by atoms with Crippen LogP contribution in [0.5, 0.6) is 5.75 Å². The number of pyridine rings is 1. The van der Waals surface area contributed by atoms with Gasteiger partial charge >= 0.3 is 12.3 Å². The second-order valence-electron chi connectivity index (χ2n) is 11.8. The molecule has 0 bridgehead atoms. The van der Waals surface area contributed by atoms with Crippen LogP contribution in [0.4, 0.5) is 13.2 Å². The number of esters is 1. The first-order valence-corrected chi connectivity index (χ1v) is 14.8. The molecule has 0 radical (unpaired) electrons. The van der Waals surface area contributed by atoms with E-state index in [4.69, 9.17) is 4.74 Å². The molecule has 2 heterocycles. The van der Waals surface area contributed by atoms with Crippen LogP contribution in [-0.2, 0) is 16.1 Å². The van der Waals surface area contributed by atoms with Crippen LogP contribution in [0, 0.1) is 11.3 Å². The number of halogens is 3. The fraction of sp³-hybridized carbons (Fsp3) is 0.382. The Morgan fingerprint density at radius 2 is 1.57 bits per heavy atom. The predicted octanol–water partition coefficient (Wildman–Crippen LogP) is 7.69. The zero-order valence-corrected chi connectivity index (χ0v) is 25.0. The van der Waals surface area contributed by atoms with Crippen LogP contribution in [0.1, 0.15) is 74.0 Å². The Morgan fingerprint density at radius 3 is 2.20 bits per heavy atom. The molecule has 0 aliphatic heterocycles. The lowest BCUT2D eigenvalue weighted by Crippen LogP contribution is -2.36. The molecule has 0 unspecified atom stereocenters. The van der Waals surface area contributed by atoms with E-state index in [1.54, 1.807) is 10.6 Å². The molecule has 1 N–H and O–H groups in total. The van der Waals surface area contributed by atoms with Crippen molar-refractivity contribution >= 4 is 17.5 Å². The second kappa shape index (κ2) is 12.7. The summed E-state index contributed by atoms with van der Waals surface area (Å²) in [5.74, 6) is -0.0449. The van der Waals surface area contributed by atoms with Crippen molar-refractivity contribution in [1.29, 1.82) is 0 Å². The minimum absolute atomic E-state index is 0.109. The van der Waals surface area contributed by atoms with Crippen molar-refractivity contribution < 1.29 is 32.2 Å². The fourth-order valence-corrected chi connectivity index (χ4v) is 5.93. The smallest absolute Gasteiger partial charge is 0.466 e. The molecule has 10 heteroatoms. The van der Waals surface area contributed by atoms with E-state index in [2.05, 4.69) is 39.3 Å². The number of aromatic nitrogens is 2. The number of hydrogen-bond acceptors (Lipinski definition) is 5. The molecule has 1 saturated carbocycles. The third kappa shape index (κ3) is 7.23. The number of nitrogens with one attached hydrogen (secondary N) is 1. The molecule has 44 heavy (non-hydrogen) atoms. The average molecular weight is 608 g/mol. The summed E-state index contributed by atoms with van der Waals surface area (Å²) in [6.45, 7) is 6.37. The van der Waals surface area contributed by atoms with Gasteiger partial charge < -0.3 is 19.2 Å². The summed E-state index contributed by atoms with van der Waals surface area (Å²) in [4.78, 5) is 29.6. The molecule has 1 fully saturated rings. The Kier molecular flexibility index (Phi) is 8.99. The number of hydrogen-bond donors (Lipinski definition) is 1. The first-order chi connectivity index (χ1) is 20.9. The van der Waals surface area contributed by atoms with Crippen LogP contribution >= 0.6 is 0 Å². The maximum absolute atomic E-state index is 12.7. The highest BCUT2D eigenvalue weighted by atomic mass is 19.4. The maximum atomic E-state index is 12.7. The lowest BCUT2D eigenvalue weighted by Gasteiger charge is -2.37. The highest BCUT2D eigenvalue weighted by Crippen LogP contribution is 2.44. The molecule has 0 atom stereocenters. The van der Waals surface area contributed by atoms with E-state index in [1.807, 2.05) is 39.1 Å². The van der Waals surface area contributed by atoms with E-state index >= 15 is 0 Å². The van der Waals surface area contributed by atoms with Gasteiger partial charge in [0.05, 0.1) is 12.0 Å². The SMILES string of the molecule is CCOC(=O)C(C)(C)[C@H]1CC[C@H](c2ccc(-c3ccc4nc(C(=O)NCc5ccc(OC(F)(F)F)cc5)cn4c3)cc2)CC1. The van der Waals surface area contributed by atoms with E-state index in [1.165, 1.54) is 29.8 Å². The molecule has 4 aromatic rings. The molecule has 0 spiro atoms. The van der Waals surface area contributed by atoms with Gasteiger partial charge in [0.15, 0.2) is 0 Å². The zero-order valence-electron chi connectivity index (χ0n) is 25.0. The van der Waals surface area contributed by atoms with E-state index in [-0.39, 0.29) is 24.0 Å². The van der Waals surface area contributed by atoms with Crippen LogP contribution in [0.25, 0.3) is 16.8 Å². The Hall–Kier alpha value is -4.34. The van der Waals surface area contributed by atoms with Gasteiger partial charge in [0.25, 0.3) is 5.91 Å². The second-order valence-corrected chi connectivity index (χ2v) is 11.8. The van der Waals surface area contributed by atoms with Gasteiger partial charge in [-0.05, 0) is 105 Å². The van der Waals surface area contributed by atoms with Crippen molar-refractivity contribution in [3.63, 3.8) is 0 Å². The van der Waals surface area contributed by atoms with Gasteiger partial charge in [-0.25, -0.2) is 4.98 Å². The van der Waals surface area contributed by atoms with E-state index in [9.17, 15) is 22.8 Å². The number of nitrogens with zero attached hydrogens (tertiary/aromatic N) is 2. The Labute approximate surface area is 254 Å². The lowest BCUT2D eigenvalue weighted by atomic mass is 9.67. The minimum atomic E-state index is -4.76. The number of ether oxygens (including phenoxy) is 2. The van der Waals surface area contributed by atoms with Crippen molar-refractivity contribution in [3.05, 3.63) is 89.9 Å². The molecule has 2 aromatic carbocycles. The molecule has 232 valence electrons. The van der Waals surface area contributed by atoms with Gasteiger partial charge in [-0.3, -0.25) is 9.59 Å². The maximum Gasteiger partial charge on any atom is 0.573 e. The average Bonchev–Trinajstić information content (AvgIpc) is 3.44. The molecule has 0 saturated heterocycles. The third-order valence-electron chi connectivity index (χ3n) is 8.56. The summed E-state index contributed by atoms with van der Waals surface area (Å²) in [5, 5.41) is 2.75. The van der Waals surface area contributed by atoms with Crippen molar-refractivity contribution in [1.82, 2.24) is 14.7 Å². The standard InChI is InChI=1S/C34H36F3N3O4/c1-4-43-32(42)33(2,3)27-14-11-24(12-15-27)23-7-9-25(10-8-23)26-13-18-30-39-29(21-40(30)20-26)31(41)38-19-22-5-16-28(17-6-22)44-34(35,36)37/h5-10,13,16-18,20-21,24,27H,4,11-12,14-15,19H2,1-3H3,(H,38,41)/t24-,27-. The van der Waals surface area contributed by atoms with Gasteiger partial charge in [0.2, 0.25) is 0 Å². The number of carbonyl (C=O) groups is 2. The highest BCUT2D eigenvalue weighted by molar-refractivity contribution is 5.92. The van der Waals surface area contributed by atoms with Crippen LogP contribution in [0.2, 0.25) is 0 Å². The lowest BCUT2D eigenvalue weighted by molar-refractivity contribution is -0.274. The molecule has 1 aliphatic rings. The number of benzene rings is 2. The summed E-state index contributed by atoms with van der Waals surface area (Å²) in [6, 6.07) is 17.7. The molecule has 2 aromatic heterocycles. The van der Waals surface area contributed by atoms with E-state index in [0.717, 1.165) is 36.8 Å². The molecular weight excluding hydrogens is 571 g/mol. The van der Waals surface area contributed by atoms with Gasteiger partial charge in [0.1, 0.15) is 17.1 Å². The van der Waals surface area contributed by atoms with Crippen molar-refractivity contribution in [3.8, 4) is 16.9 Å². The Balaban J connectivity index is 1.18. The number of amides is 1. The largest absolute Gasteiger partial charge is 0.573 e. The first-order valence-electron chi connectivity index (χ1n) is 14.8. The number of imidazole rings is 1. The van der Waals surface area contributed by atoms with Crippen LogP contribution in [0.15, 0.2) is 73.1 Å². The molecule has 5 rings (SSSR count). The molecule has 7 nitrogen and oxygen atoms in total. The van der Waals surface area contributed by atoms with Crippen LogP contribution in [0.3, 0.4) is 0 Å². The minimum Gasteiger partial charge on any atom is -0.466 e. The van der Waals surface area contributed by atoms with Crippen LogP contribution in [-0.4, -0.2) is 34.2 Å².